The van der Waals surface area contributed by atoms with Crippen LogP contribution in [0.5, 0.6) is 0 Å². The average molecular weight is 324 g/mol. The molecule has 0 amide bonds. The monoisotopic (exact) mass is 323 g/mol. The molecule has 0 spiro atoms. The first-order valence-electron chi connectivity index (χ1n) is 5.89. The molecule has 0 saturated heterocycles. The van der Waals surface area contributed by atoms with Crippen LogP contribution in [-0.2, 0) is 6.54 Å². The van der Waals surface area contributed by atoms with Gasteiger partial charge in [-0.2, -0.15) is 0 Å². The van der Waals surface area contributed by atoms with Gasteiger partial charge in [0.25, 0.3) is 0 Å². The van der Waals surface area contributed by atoms with Crippen molar-refractivity contribution in [3.8, 4) is 0 Å². The average Bonchev–Trinajstić information content (AvgIpc) is 2.89. The number of rotatable bonds is 6. The third-order valence-electron chi connectivity index (χ3n) is 2.68. The number of imidazole rings is 1. The summed E-state index contributed by atoms with van der Waals surface area (Å²) in [5.74, 6) is -0.924. The highest BCUT2D eigenvalue weighted by atomic mass is 79.9. The van der Waals surface area contributed by atoms with E-state index in [9.17, 15) is 4.79 Å². The molecule has 2 rings (SSSR count). The first-order valence-corrected chi connectivity index (χ1v) is 6.68. The molecule has 100 valence electrons. The van der Waals surface area contributed by atoms with E-state index in [0.29, 0.717) is 0 Å². The molecule has 19 heavy (non-hydrogen) atoms. The van der Waals surface area contributed by atoms with Crippen LogP contribution in [-0.4, -0.2) is 27.2 Å². The normalized spacial score (nSPS) is 10.4. The highest BCUT2D eigenvalue weighted by Crippen LogP contribution is 2.23. The van der Waals surface area contributed by atoms with Gasteiger partial charge in [0.15, 0.2) is 0 Å². The van der Waals surface area contributed by atoms with Gasteiger partial charge in [0.2, 0.25) is 0 Å². The van der Waals surface area contributed by atoms with E-state index in [2.05, 4.69) is 26.2 Å². The summed E-state index contributed by atoms with van der Waals surface area (Å²) in [5.41, 5.74) is 1.17. The van der Waals surface area contributed by atoms with Crippen molar-refractivity contribution < 1.29 is 9.90 Å². The molecule has 2 N–H and O–H groups in total. The zero-order valence-corrected chi connectivity index (χ0v) is 11.8. The predicted octanol–water partition coefficient (Wildman–Crippen LogP) is 2.85. The van der Waals surface area contributed by atoms with Gasteiger partial charge in [0.1, 0.15) is 0 Å². The standard InChI is InChI=1S/C13H14BrN3O2/c14-11-8-10(13(18)19)2-3-12(11)16-4-1-6-17-7-5-15-9-17/h2-3,5,7-9,16H,1,4,6H2,(H,18,19). The van der Waals surface area contributed by atoms with Gasteiger partial charge in [0.05, 0.1) is 11.9 Å². The maximum atomic E-state index is 10.8. The van der Waals surface area contributed by atoms with Crippen LogP contribution in [0.25, 0.3) is 0 Å². The second-order valence-electron chi connectivity index (χ2n) is 4.08. The van der Waals surface area contributed by atoms with Crippen LogP contribution in [0.4, 0.5) is 5.69 Å². The fraction of sp³-hybridized carbons (Fsp3) is 0.231. The summed E-state index contributed by atoms with van der Waals surface area (Å²) in [5, 5.41) is 12.1. The predicted molar refractivity (Wildman–Crippen MR) is 76.4 cm³/mol. The number of aromatic carboxylic acids is 1. The molecule has 1 aromatic heterocycles. The van der Waals surface area contributed by atoms with Crippen molar-refractivity contribution in [3.05, 3.63) is 47.0 Å². The Morgan fingerprint density at radius 2 is 2.32 bits per heavy atom. The lowest BCUT2D eigenvalue weighted by Crippen LogP contribution is -2.06. The number of aryl methyl sites for hydroxylation is 1. The second kappa shape index (κ2) is 6.38. The molecule has 0 radical (unpaired) electrons. The minimum absolute atomic E-state index is 0.274. The summed E-state index contributed by atoms with van der Waals surface area (Å²) in [4.78, 5) is 14.8. The van der Waals surface area contributed by atoms with E-state index in [4.69, 9.17) is 5.11 Å². The molecule has 0 aliphatic heterocycles. The van der Waals surface area contributed by atoms with Crippen LogP contribution >= 0.6 is 15.9 Å². The van der Waals surface area contributed by atoms with Gasteiger partial charge in [-0.05, 0) is 40.5 Å². The van der Waals surface area contributed by atoms with Crippen molar-refractivity contribution in [1.29, 1.82) is 0 Å². The Kier molecular flexibility index (Phi) is 4.57. The van der Waals surface area contributed by atoms with E-state index in [1.165, 1.54) is 0 Å². The molecule has 0 bridgehead atoms. The fourth-order valence-electron chi connectivity index (χ4n) is 1.70. The van der Waals surface area contributed by atoms with Crippen LogP contribution in [0, 0.1) is 0 Å². The van der Waals surface area contributed by atoms with Crippen molar-refractivity contribution in [3.63, 3.8) is 0 Å². The van der Waals surface area contributed by atoms with Crippen LogP contribution in [0.1, 0.15) is 16.8 Å². The van der Waals surface area contributed by atoms with Gasteiger partial charge in [-0.25, -0.2) is 9.78 Å². The number of aromatic nitrogens is 2. The first kappa shape index (κ1) is 13.6. The van der Waals surface area contributed by atoms with Crippen LogP contribution in [0.3, 0.4) is 0 Å². The minimum Gasteiger partial charge on any atom is -0.478 e. The SMILES string of the molecule is O=C(O)c1ccc(NCCCn2ccnc2)c(Br)c1. The van der Waals surface area contributed by atoms with Gasteiger partial charge >= 0.3 is 5.97 Å². The summed E-state index contributed by atoms with van der Waals surface area (Å²) >= 11 is 3.37. The van der Waals surface area contributed by atoms with Gasteiger partial charge in [-0.3, -0.25) is 0 Å². The molecule has 0 saturated carbocycles. The van der Waals surface area contributed by atoms with Crippen molar-refractivity contribution in [1.82, 2.24) is 9.55 Å². The van der Waals surface area contributed by atoms with Gasteiger partial charge < -0.3 is 15.0 Å². The Hall–Kier alpha value is -1.82. The Morgan fingerprint density at radius 3 is 2.95 bits per heavy atom. The van der Waals surface area contributed by atoms with E-state index in [1.54, 1.807) is 30.7 Å². The number of hydrogen-bond donors (Lipinski definition) is 2. The Bertz CT molecular complexity index is 555. The number of carboxylic acid groups (broad SMARTS) is 1. The molecule has 0 fully saturated rings. The number of nitrogens with one attached hydrogen (secondary N) is 1. The Labute approximate surface area is 119 Å². The lowest BCUT2D eigenvalue weighted by molar-refractivity contribution is 0.0697. The highest BCUT2D eigenvalue weighted by Gasteiger charge is 2.06. The lowest BCUT2D eigenvalue weighted by atomic mass is 10.2. The number of hydrogen-bond acceptors (Lipinski definition) is 3. The Balaban J connectivity index is 1.84. The van der Waals surface area contributed by atoms with E-state index in [-0.39, 0.29) is 5.56 Å². The van der Waals surface area contributed by atoms with Crippen LogP contribution in [0.15, 0.2) is 41.4 Å². The summed E-state index contributed by atoms with van der Waals surface area (Å²) in [7, 11) is 0. The van der Waals surface area contributed by atoms with E-state index in [1.807, 2.05) is 10.8 Å². The van der Waals surface area contributed by atoms with Crippen LogP contribution < -0.4 is 5.32 Å². The molecule has 0 atom stereocenters. The molecule has 1 heterocycles. The molecule has 0 aliphatic carbocycles. The van der Waals surface area contributed by atoms with E-state index in [0.717, 1.165) is 29.7 Å². The number of nitrogens with zero attached hydrogens (tertiary/aromatic N) is 2. The number of carboxylic acids is 1. The molecule has 1 aromatic carbocycles. The lowest BCUT2D eigenvalue weighted by Gasteiger charge is -2.09. The quantitative estimate of drug-likeness (QED) is 0.802. The molecular formula is C13H14BrN3O2. The summed E-state index contributed by atoms with van der Waals surface area (Å²) in [6.45, 7) is 1.71. The molecule has 6 heteroatoms. The first-order chi connectivity index (χ1) is 9.16. The van der Waals surface area contributed by atoms with Crippen molar-refractivity contribution in [2.24, 2.45) is 0 Å². The van der Waals surface area contributed by atoms with E-state index >= 15 is 0 Å². The topological polar surface area (TPSA) is 67.2 Å². The number of halogens is 1. The molecule has 0 aliphatic rings. The number of carbonyl (C=O) groups is 1. The highest BCUT2D eigenvalue weighted by molar-refractivity contribution is 9.10. The smallest absolute Gasteiger partial charge is 0.335 e. The maximum absolute atomic E-state index is 10.8. The van der Waals surface area contributed by atoms with Crippen molar-refractivity contribution in [2.45, 2.75) is 13.0 Å². The zero-order valence-electron chi connectivity index (χ0n) is 10.2. The van der Waals surface area contributed by atoms with Gasteiger partial charge in [-0.1, -0.05) is 0 Å². The largest absolute Gasteiger partial charge is 0.478 e. The van der Waals surface area contributed by atoms with Gasteiger partial charge in [0, 0.05) is 35.6 Å². The van der Waals surface area contributed by atoms with E-state index < -0.39 is 5.97 Å². The summed E-state index contributed by atoms with van der Waals surface area (Å²) < 4.78 is 2.78. The van der Waals surface area contributed by atoms with Gasteiger partial charge in [-0.15, -0.1) is 0 Å². The third-order valence-corrected chi connectivity index (χ3v) is 3.34. The Morgan fingerprint density at radius 1 is 1.47 bits per heavy atom. The fourth-order valence-corrected chi connectivity index (χ4v) is 2.21. The maximum Gasteiger partial charge on any atom is 0.335 e. The molecule has 0 unspecified atom stereocenters. The minimum atomic E-state index is -0.924. The molecular weight excluding hydrogens is 310 g/mol. The molecule has 5 nitrogen and oxygen atoms in total. The summed E-state index contributed by atoms with van der Waals surface area (Å²) in [6, 6.07) is 4.95. The molecule has 2 aromatic rings. The number of benzene rings is 1. The van der Waals surface area contributed by atoms with Crippen molar-refractivity contribution in [2.75, 3.05) is 11.9 Å². The van der Waals surface area contributed by atoms with Crippen molar-refractivity contribution >= 4 is 27.6 Å². The summed E-state index contributed by atoms with van der Waals surface area (Å²) in [6.07, 6.45) is 6.44. The third kappa shape index (κ3) is 3.82. The number of anilines is 1. The second-order valence-corrected chi connectivity index (χ2v) is 4.93. The van der Waals surface area contributed by atoms with Crippen LogP contribution in [0.2, 0.25) is 0 Å². The zero-order chi connectivity index (χ0) is 13.7.